The second-order valence-corrected chi connectivity index (χ2v) is 13.5. The SMILES string of the molecule is [2H]c1cc(C2([2H])CCC(C)(C)CC2)cc(C([2H])([2H])[2H])c1-c1cc(-c2c(C)ccc3c2oc2ccccc23)[n+](C)cc1C(C)(C)C. The summed E-state index contributed by atoms with van der Waals surface area (Å²) in [5.41, 5.74) is 7.18. The van der Waals surface area contributed by atoms with Crippen LogP contribution in [0.5, 0.6) is 0 Å². The Bertz CT molecular complexity index is 1950. The van der Waals surface area contributed by atoms with E-state index >= 15 is 0 Å². The smallest absolute Gasteiger partial charge is 0.216 e. The van der Waals surface area contributed by atoms with Gasteiger partial charge in [0.15, 0.2) is 6.20 Å². The first-order valence-corrected chi connectivity index (χ1v) is 14.5. The first kappa shape index (κ1) is 21.4. The van der Waals surface area contributed by atoms with E-state index < -0.39 is 12.7 Å². The van der Waals surface area contributed by atoms with Crippen molar-refractivity contribution >= 4 is 21.9 Å². The first-order chi connectivity index (χ1) is 20.9. The van der Waals surface area contributed by atoms with Crippen LogP contribution in [0.4, 0.5) is 0 Å². The molecule has 2 nitrogen and oxygen atoms in total. The number of fused-ring (bicyclic) bond motifs is 3. The maximum atomic E-state index is 9.39. The zero-order chi connectivity index (χ0) is 32.7. The monoisotopic (exact) mass is 535 g/mol. The number of rotatable bonds is 3. The lowest BCUT2D eigenvalue weighted by Crippen LogP contribution is -2.34. The predicted octanol–water partition coefficient (Wildman–Crippen LogP) is 10.3. The van der Waals surface area contributed by atoms with Crippen LogP contribution in [0.15, 0.2) is 71.3 Å². The van der Waals surface area contributed by atoms with Crippen molar-refractivity contribution in [3.63, 3.8) is 0 Å². The van der Waals surface area contributed by atoms with E-state index in [4.69, 9.17) is 8.53 Å². The molecule has 0 atom stereocenters. The highest BCUT2D eigenvalue weighted by Gasteiger charge is 2.30. The van der Waals surface area contributed by atoms with Crippen LogP contribution in [0, 0.1) is 19.2 Å². The summed E-state index contributed by atoms with van der Waals surface area (Å²) in [5, 5.41) is 2.07. The molecule has 0 bridgehead atoms. The molecule has 0 spiro atoms. The molecule has 6 rings (SSSR count). The largest absolute Gasteiger partial charge is 0.455 e. The lowest BCUT2D eigenvalue weighted by atomic mass is 9.71. The molecular formula is C38H44NO+. The molecule has 3 aromatic carbocycles. The van der Waals surface area contributed by atoms with Gasteiger partial charge in [-0.05, 0) is 90.1 Å². The number of pyridine rings is 1. The van der Waals surface area contributed by atoms with Crippen LogP contribution in [0.3, 0.4) is 0 Å². The van der Waals surface area contributed by atoms with Crippen LogP contribution in [0.1, 0.15) is 95.3 Å². The number of furan rings is 1. The van der Waals surface area contributed by atoms with Gasteiger partial charge in [-0.1, -0.05) is 83.1 Å². The van der Waals surface area contributed by atoms with E-state index in [-0.39, 0.29) is 22.4 Å². The molecule has 2 heteroatoms. The Labute approximate surface area is 247 Å². The van der Waals surface area contributed by atoms with Gasteiger partial charge < -0.3 is 4.42 Å². The maximum absolute atomic E-state index is 9.39. The molecule has 0 saturated heterocycles. The van der Waals surface area contributed by atoms with E-state index in [0.717, 1.165) is 62.7 Å². The molecule has 40 heavy (non-hydrogen) atoms. The van der Waals surface area contributed by atoms with Crippen molar-refractivity contribution in [3.05, 3.63) is 89.1 Å². The fraction of sp³-hybridized carbons (Fsp3) is 0.395. The lowest BCUT2D eigenvalue weighted by molar-refractivity contribution is -0.660. The topological polar surface area (TPSA) is 17.0 Å². The molecule has 0 radical (unpaired) electrons. The van der Waals surface area contributed by atoms with E-state index in [1.54, 1.807) is 12.1 Å². The summed E-state index contributed by atoms with van der Waals surface area (Å²) in [6.45, 7) is 10.4. The highest BCUT2D eigenvalue weighted by Crippen LogP contribution is 2.44. The fourth-order valence-electron chi connectivity index (χ4n) is 6.35. The van der Waals surface area contributed by atoms with Crippen molar-refractivity contribution in [1.82, 2.24) is 0 Å². The Morgan fingerprint density at radius 2 is 1.73 bits per heavy atom. The van der Waals surface area contributed by atoms with Crippen molar-refractivity contribution in [2.75, 3.05) is 0 Å². The number of aryl methyl sites for hydroxylation is 3. The average Bonchev–Trinajstić information content (AvgIpc) is 3.32. The van der Waals surface area contributed by atoms with Crippen molar-refractivity contribution in [3.8, 4) is 22.4 Å². The molecule has 0 unspecified atom stereocenters. The van der Waals surface area contributed by atoms with Crippen LogP contribution in [-0.2, 0) is 12.5 Å². The Kier molecular flexibility index (Phi) is 5.14. The zero-order valence-electron chi connectivity index (χ0n) is 30.0. The Morgan fingerprint density at radius 1 is 0.975 bits per heavy atom. The van der Waals surface area contributed by atoms with Crippen LogP contribution in [0.2, 0.25) is 0 Å². The second-order valence-electron chi connectivity index (χ2n) is 13.5. The van der Waals surface area contributed by atoms with Crippen molar-refractivity contribution in [1.29, 1.82) is 0 Å². The Hall–Kier alpha value is -3.39. The maximum Gasteiger partial charge on any atom is 0.216 e. The van der Waals surface area contributed by atoms with E-state index in [1.165, 1.54) is 0 Å². The first-order valence-electron chi connectivity index (χ1n) is 17.0. The van der Waals surface area contributed by atoms with Crippen LogP contribution < -0.4 is 4.57 Å². The molecule has 0 aliphatic heterocycles. The van der Waals surface area contributed by atoms with Gasteiger partial charge >= 0.3 is 0 Å². The summed E-state index contributed by atoms with van der Waals surface area (Å²) < 4.78 is 53.3. The van der Waals surface area contributed by atoms with Gasteiger partial charge in [0, 0.05) is 27.9 Å². The van der Waals surface area contributed by atoms with Crippen molar-refractivity contribution < 1.29 is 15.8 Å². The molecule has 0 N–H and O–H groups in total. The van der Waals surface area contributed by atoms with Gasteiger partial charge in [0.1, 0.15) is 18.2 Å². The van der Waals surface area contributed by atoms with Crippen LogP contribution in [0.25, 0.3) is 44.3 Å². The minimum absolute atomic E-state index is 0.144. The highest BCUT2D eigenvalue weighted by molar-refractivity contribution is 6.09. The number of hydrogen-bond donors (Lipinski definition) is 0. The van der Waals surface area contributed by atoms with Crippen molar-refractivity contribution in [2.24, 2.45) is 12.5 Å². The molecule has 2 heterocycles. The third kappa shape index (κ3) is 4.66. The van der Waals surface area contributed by atoms with Gasteiger partial charge in [0.05, 0.1) is 6.93 Å². The van der Waals surface area contributed by atoms with Gasteiger partial charge in [-0.3, -0.25) is 0 Å². The highest BCUT2D eigenvalue weighted by atomic mass is 16.3. The summed E-state index contributed by atoms with van der Waals surface area (Å²) in [5.74, 6) is -0.904. The third-order valence-electron chi connectivity index (χ3n) is 8.92. The fourth-order valence-corrected chi connectivity index (χ4v) is 6.35. The van der Waals surface area contributed by atoms with Crippen LogP contribution in [-0.4, -0.2) is 0 Å². The van der Waals surface area contributed by atoms with Gasteiger partial charge in [-0.25, -0.2) is 4.57 Å². The summed E-state index contributed by atoms with van der Waals surface area (Å²) >= 11 is 0. The van der Waals surface area contributed by atoms with Gasteiger partial charge in [-0.15, -0.1) is 0 Å². The molecule has 1 aliphatic carbocycles. The molecule has 1 aliphatic rings. The number of hydrogen-bond acceptors (Lipinski definition) is 1. The van der Waals surface area contributed by atoms with E-state index in [1.807, 2.05) is 25.2 Å². The minimum Gasteiger partial charge on any atom is -0.455 e. The van der Waals surface area contributed by atoms with E-state index in [0.29, 0.717) is 24.0 Å². The summed E-state index contributed by atoms with van der Waals surface area (Å²) in [6, 6.07) is 17.9. The Morgan fingerprint density at radius 3 is 2.45 bits per heavy atom. The molecule has 5 aromatic rings. The zero-order valence-corrected chi connectivity index (χ0v) is 25.0. The minimum atomic E-state index is -2.46. The summed E-state index contributed by atoms with van der Waals surface area (Å²) in [4.78, 5) is 0. The summed E-state index contributed by atoms with van der Waals surface area (Å²) in [7, 11) is 2.01. The quantitative estimate of drug-likeness (QED) is 0.210. The lowest BCUT2D eigenvalue weighted by Gasteiger charge is -2.34. The predicted molar refractivity (Wildman–Crippen MR) is 169 cm³/mol. The second kappa shape index (κ2) is 9.61. The van der Waals surface area contributed by atoms with E-state index in [9.17, 15) is 2.74 Å². The molecule has 1 fully saturated rings. The average molecular weight is 536 g/mol. The Balaban J connectivity index is 1.64. The number of nitrogens with zero attached hydrogens (tertiary/aromatic N) is 1. The molecule has 2 aromatic heterocycles. The van der Waals surface area contributed by atoms with Gasteiger partial charge in [-0.2, -0.15) is 0 Å². The molecule has 206 valence electrons. The van der Waals surface area contributed by atoms with Crippen molar-refractivity contribution in [2.45, 2.75) is 85.4 Å². The third-order valence-corrected chi connectivity index (χ3v) is 8.92. The standard InChI is InChI=1S/C38H44NO/c1-24-13-15-30-29-11-9-10-12-34(29)40-36(30)35(24)33-22-31(32(23-39(33)8)37(3,4)5)28-16-14-27(21-25(28)2)26-17-19-38(6,7)20-18-26/h9-16,21-23,26H,17-20H2,1-8H3/q+1/i2D3,16D,26D. The van der Waals surface area contributed by atoms with Crippen LogP contribution >= 0.6 is 0 Å². The molecular weight excluding hydrogens is 486 g/mol. The number of benzene rings is 3. The number of para-hydroxylation sites is 1. The van der Waals surface area contributed by atoms with E-state index in [2.05, 4.69) is 76.6 Å². The summed E-state index contributed by atoms with van der Waals surface area (Å²) in [6.07, 6.45) is 5.18. The van der Waals surface area contributed by atoms with Gasteiger partial charge in [0.25, 0.3) is 0 Å². The molecule has 0 amide bonds. The molecule has 1 saturated carbocycles. The normalized spacial score (nSPS) is 19.1. The number of aromatic nitrogens is 1. The van der Waals surface area contributed by atoms with Gasteiger partial charge in [0.2, 0.25) is 5.69 Å².